The van der Waals surface area contributed by atoms with Gasteiger partial charge in [-0.3, -0.25) is 0 Å². The zero-order chi connectivity index (χ0) is 76.1. The topological polar surface area (TPSA) is 39.2 Å². The van der Waals surface area contributed by atoms with Gasteiger partial charge in [-0.15, -0.1) is 0 Å². The van der Waals surface area contributed by atoms with E-state index in [4.69, 9.17) is 8.83 Å². The van der Waals surface area contributed by atoms with E-state index < -0.39 is 26.5 Å². The van der Waals surface area contributed by atoms with Gasteiger partial charge in [0.05, 0.1) is 5.69 Å². The second-order valence-corrected chi connectivity index (χ2v) is 44.7. The van der Waals surface area contributed by atoms with Crippen molar-refractivity contribution in [1.29, 1.82) is 0 Å². The molecule has 6 nitrogen and oxygen atoms in total. The van der Waals surface area contributed by atoms with Gasteiger partial charge in [-0.05, 0) is 76.4 Å². The van der Waals surface area contributed by atoms with E-state index in [2.05, 4.69) is 469 Å². The van der Waals surface area contributed by atoms with E-state index in [0.29, 0.717) is 0 Å². The van der Waals surface area contributed by atoms with Crippen LogP contribution < -0.4 is 44.3 Å². The van der Waals surface area contributed by atoms with Crippen LogP contribution in [-0.2, 0) is 0 Å². The average molecular weight is 1590 g/mol. The predicted molar refractivity (Wildman–Crippen MR) is 484 cm³/mol. The molecule has 0 fully saturated rings. The zero-order valence-corrected chi connectivity index (χ0v) is 67.0. The molecule has 0 atom stereocenters. The Kier molecular flexibility index (Phi) is 18.0. The predicted octanol–water partition coefficient (Wildman–Crippen LogP) is 25.4. The van der Waals surface area contributed by atoms with Crippen molar-refractivity contribution in [2.45, 2.75) is 13.1 Å². The first-order chi connectivity index (χ1) is 56.3. The van der Waals surface area contributed by atoms with Crippen LogP contribution in [0.3, 0.4) is 0 Å². The van der Waals surface area contributed by atoms with E-state index in [1.807, 2.05) is 0 Å². The quantitative estimate of drug-likeness (QED) is 0.0898. The summed E-state index contributed by atoms with van der Waals surface area (Å²) in [4.78, 5) is 9.30. The number of fused-ring (bicyclic) bond motifs is 12. The van der Waals surface area contributed by atoms with E-state index in [1.54, 1.807) is 0 Å². The molecule has 2 aromatic heterocycles. The van der Waals surface area contributed by atoms with Crippen molar-refractivity contribution in [3.8, 4) is 44.9 Å². The second-order valence-electron chi connectivity index (χ2n) is 29.9. The molecule has 0 amide bonds. The standard InChI is InChI=1S/C50H34N2O.C44H34N2OSi.2C6H5.Sn/c1-5-16-43(17-6-1)51(44-18-7-2-8-19-44)47-29-24-37(25-30-47)39-14-13-15-41(34-39)50-36-42-35-40(28-33-49(42)53-50)38-26-31-48(32-27-38)52(45-20-9-3-10-21-45)46-22-11-4-12-23-46;1-48(2)41-28-27-35(45(31-17-7-3-8-18-31)32-19-9-4-10-20-32)29-38(41)43-44(48)42-37-26-16-15-25-36(37)39(30-40(42)47-43)46(33-21-11-5-12-22-33)34-23-13-6-14-24-34;2*1-2-4-6-5-3-1;/h1-14,16-35H;3-30H,1-2H3;2*1-5H;. The maximum absolute atomic E-state index is 7.15. The van der Waals surface area contributed by atoms with E-state index in [1.165, 1.54) is 68.5 Å². The van der Waals surface area contributed by atoms with E-state index in [9.17, 15) is 0 Å². The Balaban J connectivity index is 0.000000155. The number of rotatable bonds is 16. The van der Waals surface area contributed by atoms with Crippen LogP contribution in [0.2, 0.25) is 13.1 Å². The van der Waals surface area contributed by atoms with E-state index in [0.717, 1.165) is 102 Å². The number of hydrogen-bond donors (Lipinski definition) is 0. The molecule has 0 saturated heterocycles. The van der Waals surface area contributed by atoms with Gasteiger partial charge >= 0.3 is 368 Å². The first-order valence-corrected chi connectivity index (χ1v) is 47.8. The molecule has 19 aromatic rings. The van der Waals surface area contributed by atoms with Gasteiger partial charge in [0.15, 0.2) is 0 Å². The third kappa shape index (κ3) is 12.2. The summed E-state index contributed by atoms with van der Waals surface area (Å²) in [5.74, 6) is 2.03. The Morgan fingerprint density at radius 3 is 1.03 bits per heavy atom. The Morgan fingerprint density at radius 2 is 0.588 bits per heavy atom. The molecular weight excluding hydrogens is 1510 g/mol. The van der Waals surface area contributed by atoms with E-state index >= 15 is 0 Å². The Morgan fingerprint density at radius 1 is 0.246 bits per heavy atom. The van der Waals surface area contributed by atoms with Gasteiger partial charge < -0.3 is 14.2 Å². The summed E-state index contributed by atoms with van der Waals surface area (Å²) in [6.45, 7) is 4.95. The molecule has 0 saturated carbocycles. The fourth-order valence-corrected chi connectivity index (χ4v) is 36.0. The van der Waals surface area contributed by atoms with Crippen molar-refractivity contribution in [2.24, 2.45) is 0 Å². The minimum atomic E-state index is -4.05. The van der Waals surface area contributed by atoms with Crippen LogP contribution >= 0.6 is 0 Å². The summed E-state index contributed by atoms with van der Waals surface area (Å²) in [6, 6.07) is 157. The molecule has 4 heterocycles. The summed E-state index contributed by atoms with van der Waals surface area (Å²) in [5.41, 5.74) is 22.3. The normalized spacial score (nSPS) is 12.6. The van der Waals surface area contributed by atoms with Crippen LogP contribution in [0.4, 0.5) is 68.2 Å². The molecule has 0 unspecified atom stereocenters. The monoisotopic (exact) mass is 1590 g/mol. The molecule has 2 aliphatic rings. The number of anilines is 12. The van der Waals surface area contributed by atoms with Gasteiger partial charge in [0.1, 0.15) is 19.4 Å². The van der Waals surface area contributed by atoms with Crippen LogP contribution in [0.5, 0.6) is 0 Å². The minimum absolute atomic E-state index is 0.926. The van der Waals surface area contributed by atoms with Crippen molar-refractivity contribution in [2.75, 3.05) is 19.6 Å². The van der Waals surface area contributed by atoms with Gasteiger partial charge in [0, 0.05) is 50.8 Å². The Hall–Kier alpha value is -13.7. The average Bonchev–Trinajstić information content (AvgIpc) is 1.52. The fourth-order valence-electron chi connectivity index (χ4n) is 17.8. The van der Waals surface area contributed by atoms with Crippen molar-refractivity contribution >= 4 is 152 Å². The van der Waals surface area contributed by atoms with E-state index in [-0.39, 0.29) is 0 Å². The van der Waals surface area contributed by atoms with Crippen molar-refractivity contribution < 1.29 is 8.83 Å². The third-order valence-corrected chi connectivity index (χ3v) is 40.4. The molecule has 0 radical (unpaired) electrons. The molecule has 21 rings (SSSR count). The van der Waals surface area contributed by atoms with Gasteiger partial charge in [0.2, 0.25) is 0 Å². The molecule has 0 spiro atoms. The second kappa shape index (κ2) is 29.5. The SMILES string of the molecule is C[Si]1(C)c2ccc(N(c3ccccc3)c3ccccc3)cc2-c2oc3cc(N(c4ccccc4)c4ccccc4)c4ccccc4c3c21.c1ccc(N(c2ccccc2)c2ccc(-c3cc[c]4c(c3)-c3oc5ccc(-c6ccc(N(c7ccccc7)c7ccccc7)cc6)cc5[c]3[Sn]4([c]3ccccc3)[c]3ccccc3)cc2)cc1. The molecule has 542 valence electrons. The number of nitrogens with zero attached hydrogens (tertiary/aromatic N) is 4. The first-order valence-electron chi connectivity index (χ1n) is 39.1. The molecule has 114 heavy (non-hydrogen) atoms. The third-order valence-electron chi connectivity index (χ3n) is 22.9. The van der Waals surface area contributed by atoms with Crippen LogP contribution in [0, 0.1) is 0 Å². The molecule has 8 heteroatoms. The zero-order valence-electron chi connectivity index (χ0n) is 63.2. The molecule has 2 aliphatic heterocycles. The summed E-state index contributed by atoms with van der Waals surface area (Å²) in [5, 5.41) is 7.71. The first kappa shape index (κ1) is 69.5. The number of benzene rings is 17. The summed E-state index contributed by atoms with van der Waals surface area (Å²) < 4.78 is 19.9. The molecule has 17 aromatic carbocycles. The number of furan rings is 2. The van der Waals surface area contributed by atoms with Crippen LogP contribution in [-0.4, -0.2) is 26.5 Å². The summed E-state index contributed by atoms with van der Waals surface area (Å²) in [7, 11) is -2.13. The molecule has 0 aliphatic carbocycles. The van der Waals surface area contributed by atoms with Gasteiger partial charge in [-0.25, -0.2) is 0 Å². The molecule has 0 N–H and O–H groups in total. The maximum atomic E-state index is 7.15. The van der Waals surface area contributed by atoms with Gasteiger partial charge in [-0.2, -0.15) is 0 Å². The molecular formula is C106H78N4O2SiSn. The number of para-hydroxylation sites is 8. The van der Waals surface area contributed by atoms with Crippen molar-refractivity contribution in [1.82, 2.24) is 0 Å². The van der Waals surface area contributed by atoms with Gasteiger partial charge in [0.25, 0.3) is 0 Å². The van der Waals surface area contributed by atoms with Crippen molar-refractivity contribution in [3.05, 3.63) is 437 Å². The van der Waals surface area contributed by atoms with Gasteiger partial charge in [-0.1, -0.05) is 140 Å². The van der Waals surface area contributed by atoms with Crippen LogP contribution in [0.25, 0.3) is 77.6 Å². The Labute approximate surface area is 670 Å². The van der Waals surface area contributed by atoms with Crippen LogP contribution in [0.1, 0.15) is 0 Å². The van der Waals surface area contributed by atoms with Crippen LogP contribution in [0.15, 0.2) is 446 Å². The fraction of sp³-hybridized carbons (Fsp3) is 0.0189. The Bertz CT molecular complexity index is 6460. The number of hydrogen-bond acceptors (Lipinski definition) is 6. The summed E-state index contributed by atoms with van der Waals surface area (Å²) >= 11 is -4.05. The van der Waals surface area contributed by atoms with Crippen molar-refractivity contribution in [3.63, 3.8) is 0 Å². The summed E-state index contributed by atoms with van der Waals surface area (Å²) in [6.07, 6.45) is 0. The molecule has 0 bridgehead atoms.